The highest BCUT2D eigenvalue weighted by atomic mass is 16.2. The number of amides is 2. The summed E-state index contributed by atoms with van der Waals surface area (Å²) in [4.78, 5) is 24.4. The quantitative estimate of drug-likeness (QED) is 0.779. The van der Waals surface area contributed by atoms with E-state index in [2.05, 4.69) is 21.0 Å². The highest BCUT2D eigenvalue weighted by Crippen LogP contribution is 2.18. The predicted molar refractivity (Wildman–Crippen MR) is 91.6 cm³/mol. The summed E-state index contributed by atoms with van der Waals surface area (Å²) in [7, 11) is 0. The van der Waals surface area contributed by atoms with Gasteiger partial charge >= 0.3 is 0 Å². The average Bonchev–Trinajstić information content (AvgIpc) is 3.28. The molecule has 3 rings (SSSR count). The highest BCUT2D eigenvalue weighted by Gasteiger charge is 2.22. The summed E-state index contributed by atoms with van der Waals surface area (Å²) in [5.41, 5.74) is 1.32. The highest BCUT2D eigenvalue weighted by molar-refractivity contribution is 5.96. The molecule has 0 aliphatic carbocycles. The van der Waals surface area contributed by atoms with Crippen LogP contribution in [0.25, 0.3) is 0 Å². The lowest BCUT2D eigenvalue weighted by Gasteiger charge is -2.14. The molecular formula is C17H21N5O2. The van der Waals surface area contributed by atoms with Crippen LogP contribution in [-0.2, 0) is 9.59 Å². The molecule has 2 atom stereocenters. The molecule has 7 nitrogen and oxygen atoms in total. The van der Waals surface area contributed by atoms with Gasteiger partial charge in [-0.15, -0.1) is 0 Å². The van der Waals surface area contributed by atoms with Crippen LogP contribution >= 0.6 is 0 Å². The van der Waals surface area contributed by atoms with Gasteiger partial charge in [0.1, 0.15) is 6.04 Å². The van der Waals surface area contributed by atoms with Crippen LogP contribution in [0, 0.1) is 5.92 Å². The molecule has 2 amide bonds. The zero-order valence-electron chi connectivity index (χ0n) is 13.5. The van der Waals surface area contributed by atoms with E-state index < -0.39 is 6.04 Å². The Morgan fingerprint density at radius 2 is 2.08 bits per heavy atom. The Morgan fingerprint density at radius 3 is 2.75 bits per heavy atom. The summed E-state index contributed by atoms with van der Waals surface area (Å²) in [5, 5.41) is 13.0. The first-order chi connectivity index (χ1) is 11.6. The number of nitrogens with one attached hydrogen (secondary N) is 3. The molecule has 1 aromatic carbocycles. The van der Waals surface area contributed by atoms with Gasteiger partial charge in [-0.1, -0.05) is 6.07 Å². The average molecular weight is 327 g/mol. The van der Waals surface area contributed by atoms with E-state index in [0.29, 0.717) is 17.9 Å². The first-order valence-electron chi connectivity index (χ1n) is 8.05. The van der Waals surface area contributed by atoms with Gasteiger partial charge in [-0.05, 0) is 44.2 Å². The second-order valence-corrected chi connectivity index (χ2v) is 5.91. The molecule has 24 heavy (non-hydrogen) atoms. The van der Waals surface area contributed by atoms with E-state index in [9.17, 15) is 9.59 Å². The van der Waals surface area contributed by atoms with Gasteiger partial charge in [0.25, 0.3) is 0 Å². The standard InChI is InChI=1S/C17H21N5O2/c1-12(22-9-3-7-19-22)16(23)20-14-4-2-5-15(10-14)21-17(24)13-6-8-18-11-13/h2-5,7,9-10,12-13,18H,6,8,11H2,1H3,(H,20,23)(H,21,24). The summed E-state index contributed by atoms with van der Waals surface area (Å²) < 4.78 is 1.59. The van der Waals surface area contributed by atoms with Crippen molar-refractivity contribution in [3.63, 3.8) is 0 Å². The molecule has 1 aliphatic heterocycles. The third kappa shape index (κ3) is 3.80. The molecule has 7 heteroatoms. The molecule has 126 valence electrons. The second kappa shape index (κ2) is 7.27. The van der Waals surface area contributed by atoms with E-state index in [1.807, 2.05) is 6.07 Å². The van der Waals surface area contributed by atoms with Crippen LogP contribution in [0.5, 0.6) is 0 Å². The van der Waals surface area contributed by atoms with Gasteiger partial charge in [-0.25, -0.2) is 0 Å². The van der Waals surface area contributed by atoms with Crippen LogP contribution in [0.15, 0.2) is 42.7 Å². The minimum absolute atomic E-state index is 0.00286. The zero-order chi connectivity index (χ0) is 16.9. The topological polar surface area (TPSA) is 88.0 Å². The normalized spacial score (nSPS) is 18.1. The SMILES string of the molecule is CC(C(=O)Nc1cccc(NC(=O)C2CCNC2)c1)n1cccn1. The molecule has 2 unspecified atom stereocenters. The molecule has 1 aromatic heterocycles. The maximum Gasteiger partial charge on any atom is 0.248 e. The van der Waals surface area contributed by atoms with Gasteiger partial charge in [-0.2, -0.15) is 5.10 Å². The summed E-state index contributed by atoms with van der Waals surface area (Å²) in [6.45, 7) is 3.37. The van der Waals surface area contributed by atoms with Crippen molar-refractivity contribution in [3.05, 3.63) is 42.7 Å². The van der Waals surface area contributed by atoms with E-state index in [0.717, 1.165) is 13.0 Å². The zero-order valence-corrected chi connectivity index (χ0v) is 13.5. The monoisotopic (exact) mass is 327 g/mol. The third-order valence-electron chi connectivity index (χ3n) is 4.13. The van der Waals surface area contributed by atoms with Crippen molar-refractivity contribution in [2.75, 3.05) is 23.7 Å². The van der Waals surface area contributed by atoms with Crippen molar-refractivity contribution in [1.82, 2.24) is 15.1 Å². The van der Waals surface area contributed by atoms with Crippen molar-refractivity contribution in [2.24, 2.45) is 5.92 Å². The maximum absolute atomic E-state index is 12.3. The number of rotatable bonds is 5. The van der Waals surface area contributed by atoms with Crippen molar-refractivity contribution in [1.29, 1.82) is 0 Å². The minimum atomic E-state index is -0.414. The number of hydrogen-bond donors (Lipinski definition) is 3. The molecule has 1 saturated heterocycles. The number of hydrogen-bond acceptors (Lipinski definition) is 4. The van der Waals surface area contributed by atoms with Gasteiger partial charge < -0.3 is 16.0 Å². The van der Waals surface area contributed by atoms with Crippen molar-refractivity contribution >= 4 is 23.2 Å². The van der Waals surface area contributed by atoms with Crippen LogP contribution in [0.4, 0.5) is 11.4 Å². The Labute approximate surface area is 140 Å². The molecular weight excluding hydrogens is 306 g/mol. The Kier molecular flexibility index (Phi) is 4.90. The van der Waals surface area contributed by atoms with E-state index in [1.165, 1.54) is 0 Å². The lowest BCUT2D eigenvalue weighted by molar-refractivity contribution is -0.119. The molecule has 0 spiro atoms. The summed E-state index contributed by atoms with van der Waals surface area (Å²) in [6, 6.07) is 8.53. The molecule has 3 N–H and O–H groups in total. The molecule has 0 radical (unpaired) electrons. The van der Waals surface area contributed by atoms with Crippen LogP contribution in [0.1, 0.15) is 19.4 Å². The molecule has 0 bridgehead atoms. The van der Waals surface area contributed by atoms with E-state index in [1.54, 1.807) is 48.3 Å². The summed E-state index contributed by atoms with van der Waals surface area (Å²) >= 11 is 0. The number of carbonyl (C=O) groups is 2. The van der Waals surface area contributed by atoms with Gasteiger partial charge in [0.2, 0.25) is 11.8 Å². The van der Waals surface area contributed by atoms with Gasteiger partial charge in [0, 0.05) is 30.3 Å². The number of carbonyl (C=O) groups excluding carboxylic acids is 2. The first kappa shape index (κ1) is 16.2. The molecule has 1 fully saturated rings. The number of anilines is 2. The fraction of sp³-hybridized carbons (Fsp3) is 0.353. The van der Waals surface area contributed by atoms with E-state index in [4.69, 9.17) is 0 Å². The van der Waals surface area contributed by atoms with E-state index >= 15 is 0 Å². The summed E-state index contributed by atoms with van der Waals surface area (Å²) in [5.74, 6) is -0.154. The molecule has 2 heterocycles. The fourth-order valence-corrected chi connectivity index (χ4v) is 2.67. The van der Waals surface area contributed by atoms with Crippen LogP contribution in [0.2, 0.25) is 0 Å². The van der Waals surface area contributed by atoms with Gasteiger partial charge in [-0.3, -0.25) is 14.3 Å². The maximum atomic E-state index is 12.3. The van der Waals surface area contributed by atoms with Crippen molar-refractivity contribution in [3.8, 4) is 0 Å². The Bertz CT molecular complexity index is 708. The van der Waals surface area contributed by atoms with Gasteiger partial charge in [0.05, 0.1) is 5.92 Å². The fourth-order valence-electron chi connectivity index (χ4n) is 2.67. The Morgan fingerprint density at radius 1 is 1.29 bits per heavy atom. The second-order valence-electron chi connectivity index (χ2n) is 5.91. The van der Waals surface area contributed by atoms with Crippen LogP contribution in [0.3, 0.4) is 0 Å². The lowest BCUT2D eigenvalue weighted by Crippen LogP contribution is -2.25. The predicted octanol–water partition coefficient (Wildman–Crippen LogP) is 1.63. The number of benzene rings is 1. The molecule has 1 aliphatic rings. The smallest absolute Gasteiger partial charge is 0.248 e. The Balaban J connectivity index is 1.62. The van der Waals surface area contributed by atoms with Crippen molar-refractivity contribution < 1.29 is 9.59 Å². The van der Waals surface area contributed by atoms with E-state index in [-0.39, 0.29) is 17.7 Å². The third-order valence-corrected chi connectivity index (χ3v) is 4.13. The lowest BCUT2D eigenvalue weighted by atomic mass is 10.1. The molecule has 0 saturated carbocycles. The van der Waals surface area contributed by atoms with Crippen molar-refractivity contribution in [2.45, 2.75) is 19.4 Å². The number of nitrogens with zero attached hydrogens (tertiary/aromatic N) is 2. The Hall–Kier alpha value is -2.67. The largest absolute Gasteiger partial charge is 0.326 e. The summed E-state index contributed by atoms with van der Waals surface area (Å²) in [6.07, 6.45) is 4.23. The number of aromatic nitrogens is 2. The molecule has 2 aromatic rings. The van der Waals surface area contributed by atoms with Crippen LogP contribution < -0.4 is 16.0 Å². The minimum Gasteiger partial charge on any atom is -0.326 e. The first-order valence-corrected chi connectivity index (χ1v) is 8.05. The van der Waals surface area contributed by atoms with Gasteiger partial charge in [0.15, 0.2) is 0 Å². The van der Waals surface area contributed by atoms with Crippen LogP contribution in [-0.4, -0.2) is 34.7 Å².